The lowest BCUT2D eigenvalue weighted by Crippen LogP contribution is -2.13. The van der Waals surface area contributed by atoms with Gasteiger partial charge in [0.05, 0.1) is 6.61 Å². The third-order valence-electron chi connectivity index (χ3n) is 3.06. The molecule has 0 aliphatic rings. The molecule has 2 rings (SSSR count). The third kappa shape index (κ3) is 5.83. The SMILES string of the molecule is CS(=O)c1cccc(NC(=O)CCCOc2cccc(F)c2)c1. The minimum absolute atomic E-state index is 0.146. The van der Waals surface area contributed by atoms with Gasteiger partial charge in [0.2, 0.25) is 5.91 Å². The van der Waals surface area contributed by atoms with E-state index < -0.39 is 10.8 Å². The van der Waals surface area contributed by atoms with Crippen LogP contribution < -0.4 is 10.1 Å². The Morgan fingerprint density at radius 1 is 1.22 bits per heavy atom. The highest BCUT2D eigenvalue weighted by molar-refractivity contribution is 7.84. The molecule has 0 aromatic heterocycles. The summed E-state index contributed by atoms with van der Waals surface area (Å²) in [5, 5.41) is 2.76. The maximum atomic E-state index is 13.0. The molecule has 0 bridgehead atoms. The monoisotopic (exact) mass is 335 g/mol. The number of hydrogen-bond donors (Lipinski definition) is 1. The van der Waals surface area contributed by atoms with Crippen molar-refractivity contribution in [2.75, 3.05) is 18.2 Å². The summed E-state index contributed by atoms with van der Waals surface area (Å²) in [7, 11) is -1.09. The Kier molecular flexibility index (Phi) is 6.29. The zero-order chi connectivity index (χ0) is 16.7. The first-order valence-corrected chi connectivity index (χ1v) is 8.72. The van der Waals surface area contributed by atoms with Gasteiger partial charge in [-0.2, -0.15) is 0 Å². The Labute approximate surface area is 137 Å². The van der Waals surface area contributed by atoms with Gasteiger partial charge in [-0.05, 0) is 36.8 Å². The molecule has 23 heavy (non-hydrogen) atoms. The number of rotatable bonds is 7. The maximum absolute atomic E-state index is 13.0. The summed E-state index contributed by atoms with van der Waals surface area (Å²) in [4.78, 5) is 12.5. The lowest BCUT2D eigenvalue weighted by atomic mass is 10.2. The van der Waals surface area contributed by atoms with Crippen molar-refractivity contribution < 1.29 is 18.1 Å². The quantitative estimate of drug-likeness (QED) is 0.790. The summed E-state index contributed by atoms with van der Waals surface area (Å²) in [6.45, 7) is 0.329. The Morgan fingerprint density at radius 2 is 2.00 bits per heavy atom. The first-order valence-electron chi connectivity index (χ1n) is 7.16. The molecule has 2 aromatic carbocycles. The molecular weight excluding hydrogens is 317 g/mol. The van der Waals surface area contributed by atoms with E-state index in [4.69, 9.17) is 4.74 Å². The fourth-order valence-corrected chi connectivity index (χ4v) is 2.52. The lowest BCUT2D eigenvalue weighted by Gasteiger charge is -2.08. The van der Waals surface area contributed by atoms with E-state index in [-0.39, 0.29) is 18.1 Å². The van der Waals surface area contributed by atoms with Gasteiger partial charge in [0.25, 0.3) is 0 Å². The van der Waals surface area contributed by atoms with Crippen molar-refractivity contribution in [2.24, 2.45) is 0 Å². The smallest absolute Gasteiger partial charge is 0.224 e. The molecule has 1 N–H and O–H groups in total. The van der Waals surface area contributed by atoms with Crippen LogP contribution in [-0.4, -0.2) is 23.0 Å². The van der Waals surface area contributed by atoms with Gasteiger partial charge in [0.15, 0.2) is 0 Å². The topological polar surface area (TPSA) is 55.4 Å². The fraction of sp³-hybridized carbons (Fsp3) is 0.235. The number of amides is 1. The minimum Gasteiger partial charge on any atom is -0.493 e. The molecule has 0 radical (unpaired) electrons. The summed E-state index contributed by atoms with van der Waals surface area (Å²) in [6.07, 6.45) is 2.39. The van der Waals surface area contributed by atoms with E-state index in [2.05, 4.69) is 5.32 Å². The average molecular weight is 335 g/mol. The summed E-state index contributed by atoms with van der Waals surface area (Å²) < 4.78 is 29.8. The van der Waals surface area contributed by atoms with Gasteiger partial charge in [0, 0.05) is 40.1 Å². The van der Waals surface area contributed by atoms with E-state index in [1.807, 2.05) is 0 Å². The van der Waals surface area contributed by atoms with E-state index in [9.17, 15) is 13.4 Å². The highest BCUT2D eigenvalue weighted by Crippen LogP contribution is 2.14. The molecule has 1 amide bonds. The summed E-state index contributed by atoms with van der Waals surface area (Å²) in [5.74, 6) is -0.0520. The molecule has 1 atom stereocenters. The average Bonchev–Trinajstić information content (AvgIpc) is 2.52. The van der Waals surface area contributed by atoms with Gasteiger partial charge in [-0.1, -0.05) is 12.1 Å². The number of nitrogens with one attached hydrogen (secondary N) is 1. The number of ether oxygens (including phenoxy) is 1. The highest BCUT2D eigenvalue weighted by Gasteiger charge is 2.05. The predicted molar refractivity (Wildman–Crippen MR) is 88.5 cm³/mol. The number of anilines is 1. The van der Waals surface area contributed by atoms with Gasteiger partial charge in [-0.15, -0.1) is 0 Å². The van der Waals surface area contributed by atoms with Gasteiger partial charge in [0.1, 0.15) is 11.6 Å². The Morgan fingerprint density at radius 3 is 2.74 bits per heavy atom. The number of halogens is 1. The second kappa shape index (κ2) is 8.43. The highest BCUT2D eigenvalue weighted by atomic mass is 32.2. The third-order valence-corrected chi connectivity index (χ3v) is 3.98. The fourth-order valence-electron chi connectivity index (χ4n) is 1.96. The maximum Gasteiger partial charge on any atom is 0.224 e. The molecule has 0 spiro atoms. The molecule has 6 heteroatoms. The second-order valence-corrected chi connectivity index (χ2v) is 6.32. The zero-order valence-electron chi connectivity index (χ0n) is 12.8. The Bertz CT molecular complexity index is 706. The van der Waals surface area contributed by atoms with Gasteiger partial charge >= 0.3 is 0 Å². The first-order chi connectivity index (χ1) is 11.0. The minimum atomic E-state index is -1.09. The number of carbonyl (C=O) groups excluding carboxylic acids is 1. The summed E-state index contributed by atoms with van der Waals surface area (Å²) in [6, 6.07) is 12.8. The Balaban J connectivity index is 1.75. The van der Waals surface area contributed by atoms with Crippen molar-refractivity contribution in [2.45, 2.75) is 17.7 Å². The summed E-state index contributed by atoms with van der Waals surface area (Å²) >= 11 is 0. The standard InChI is InChI=1S/C17H18FNO3S/c1-23(21)16-8-3-6-14(12-16)19-17(20)9-4-10-22-15-7-2-5-13(18)11-15/h2-3,5-8,11-12H,4,9-10H2,1H3,(H,19,20). The molecule has 0 saturated carbocycles. The van der Waals surface area contributed by atoms with Gasteiger partial charge in [-0.25, -0.2) is 4.39 Å². The molecule has 0 aliphatic carbocycles. The molecule has 2 aromatic rings. The molecule has 122 valence electrons. The van der Waals surface area contributed by atoms with Crippen molar-refractivity contribution in [3.63, 3.8) is 0 Å². The van der Waals surface area contributed by atoms with E-state index in [1.54, 1.807) is 42.7 Å². The van der Waals surface area contributed by atoms with Crippen molar-refractivity contribution in [1.29, 1.82) is 0 Å². The molecule has 0 fully saturated rings. The van der Waals surface area contributed by atoms with Crippen LogP contribution in [0, 0.1) is 5.82 Å². The molecular formula is C17H18FNO3S. The normalized spacial score (nSPS) is 11.7. The molecule has 1 unspecified atom stereocenters. The van der Waals surface area contributed by atoms with Gasteiger partial charge < -0.3 is 10.1 Å². The molecule has 0 saturated heterocycles. The Hall–Kier alpha value is -2.21. The van der Waals surface area contributed by atoms with Gasteiger partial charge in [-0.3, -0.25) is 9.00 Å². The van der Waals surface area contributed by atoms with Crippen molar-refractivity contribution in [3.05, 3.63) is 54.3 Å². The van der Waals surface area contributed by atoms with Crippen LogP contribution in [0.3, 0.4) is 0 Å². The van der Waals surface area contributed by atoms with Crippen molar-refractivity contribution in [1.82, 2.24) is 0 Å². The van der Waals surface area contributed by atoms with Crippen LogP contribution in [0.5, 0.6) is 5.75 Å². The predicted octanol–water partition coefficient (Wildman–Crippen LogP) is 3.36. The van der Waals surface area contributed by atoms with Crippen LogP contribution in [0.2, 0.25) is 0 Å². The van der Waals surface area contributed by atoms with E-state index >= 15 is 0 Å². The largest absolute Gasteiger partial charge is 0.493 e. The summed E-state index contributed by atoms with van der Waals surface area (Å²) in [5.41, 5.74) is 0.619. The van der Waals surface area contributed by atoms with E-state index in [0.717, 1.165) is 0 Å². The van der Waals surface area contributed by atoms with E-state index in [1.165, 1.54) is 12.1 Å². The molecule has 0 heterocycles. The number of carbonyl (C=O) groups is 1. The molecule has 4 nitrogen and oxygen atoms in total. The van der Waals surface area contributed by atoms with Crippen LogP contribution in [0.15, 0.2) is 53.4 Å². The van der Waals surface area contributed by atoms with Crippen LogP contribution in [-0.2, 0) is 15.6 Å². The van der Waals surface area contributed by atoms with Crippen molar-refractivity contribution >= 4 is 22.4 Å². The van der Waals surface area contributed by atoms with Crippen LogP contribution in [0.25, 0.3) is 0 Å². The van der Waals surface area contributed by atoms with Crippen molar-refractivity contribution in [3.8, 4) is 5.75 Å². The lowest BCUT2D eigenvalue weighted by molar-refractivity contribution is -0.116. The number of hydrogen-bond acceptors (Lipinski definition) is 3. The van der Waals surface area contributed by atoms with Crippen LogP contribution in [0.1, 0.15) is 12.8 Å². The first kappa shape index (κ1) is 17.1. The number of benzene rings is 2. The zero-order valence-corrected chi connectivity index (χ0v) is 13.6. The molecule has 0 aliphatic heterocycles. The van der Waals surface area contributed by atoms with Crippen LogP contribution in [0.4, 0.5) is 10.1 Å². The second-order valence-electron chi connectivity index (χ2n) is 4.94. The van der Waals surface area contributed by atoms with Crippen LogP contribution >= 0.6 is 0 Å². The van der Waals surface area contributed by atoms with E-state index in [0.29, 0.717) is 29.4 Å².